The number of ether oxygens (including phenoxy) is 1. The molecule has 2 heterocycles. The first-order valence-electron chi connectivity index (χ1n) is 8.39. The van der Waals surface area contributed by atoms with Gasteiger partial charge in [-0.15, -0.1) is 0 Å². The summed E-state index contributed by atoms with van der Waals surface area (Å²) in [6, 6.07) is 6.76. The molecule has 1 aromatic heterocycles. The molecule has 1 saturated heterocycles. The molecule has 0 amide bonds. The van der Waals surface area contributed by atoms with E-state index in [-0.39, 0.29) is 29.7 Å². The third kappa shape index (κ3) is 4.01. The van der Waals surface area contributed by atoms with Gasteiger partial charge in [0.1, 0.15) is 11.6 Å². The lowest BCUT2D eigenvalue weighted by Gasteiger charge is -2.17. The molecule has 1 atom stereocenters. The van der Waals surface area contributed by atoms with Crippen LogP contribution in [0.5, 0.6) is 5.88 Å². The largest absolute Gasteiger partial charge is 0.494 e. The highest BCUT2D eigenvalue weighted by Gasteiger charge is 2.23. The summed E-state index contributed by atoms with van der Waals surface area (Å²) < 4.78 is 6.72. The summed E-state index contributed by atoms with van der Waals surface area (Å²) in [5, 5.41) is 20.9. The smallest absolute Gasteiger partial charge is 0.271 e. The van der Waals surface area contributed by atoms with E-state index in [1.54, 1.807) is 25.1 Å². The predicted molar refractivity (Wildman–Crippen MR) is 105 cm³/mol. The number of pyridine rings is 1. The van der Waals surface area contributed by atoms with E-state index in [9.17, 15) is 15.2 Å². The van der Waals surface area contributed by atoms with Gasteiger partial charge in [-0.2, -0.15) is 5.26 Å². The Morgan fingerprint density at radius 1 is 1.48 bits per heavy atom. The molecule has 0 spiro atoms. The summed E-state index contributed by atoms with van der Waals surface area (Å²) in [7, 11) is 0. The minimum Gasteiger partial charge on any atom is -0.494 e. The normalized spacial score (nSPS) is 16.7. The molecule has 0 unspecified atom stereocenters. The molecule has 0 aliphatic carbocycles. The van der Waals surface area contributed by atoms with Crippen molar-refractivity contribution in [2.75, 3.05) is 6.61 Å². The summed E-state index contributed by atoms with van der Waals surface area (Å²) in [4.78, 5) is 16.9. The van der Waals surface area contributed by atoms with Gasteiger partial charge in [-0.1, -0.05) is 23.2 Å². The number of hydrogen-bond acceptors (Lipinski definition) is 5. The van der Waals surface area contributed by atoms with Gasteiger partial charge in [-0.05, 0) is 43.5 Å². The van der Waals surface area contributed by atoms with E-state index in [2.05, 4.69) is 4.99 Å². The van der Waals surface area contributed by atoms with Crippen LogP contribution in [0.15, 0.2) is 28.0 Å². The van der Waals surface area contributed by atoms with E-state index in [0.717, 1.165) is 12.8 Å². The number of benzene rings is 1. The maximum atomic E-state index is 12.6. The van der Waals surface area contributed by atoms with E-state index in [4.69, 9.17) is 27.9 Å². The Hall–Kier alpha value is -2.33. The minimum absolute atomic E-state index is 0.0329. The van der Waals surface area contributed by atoms with E-state index in [1.807, 2.05) is 6.07 Å². The molecule has 8 heteroatoms. The molecule has 0 radical (unpaired) electrons. The van der Waals surface area contributed by atoms with Crippen molar-refractivity contribution in [3.63, 3.8) is 0 Å². The standard InChI is InChI=1S/C19H17Cl2N3O3/c1-11-14(8-22)18(25)24(10-13-3-2-6-27-13)19(26)15(11)9-23-17-5-4-12(20)7-16(17)21/h4-5,7,9,13,26H,2-3,6,10H2,1H3/t13-/m0/s1. The van der Waals surface area contributed by atoms with Crippen LogP contribution in [-0.4, -0.2) is 28.6 Å². The molecule has 27 heavy (non-hydrogen) atoms. The maximum Gasteiger partial charge on any atom is 0.271 e. The van der Waals surface area contributed by atoms with Crippen molar-refractivity contribution in [1.82, 2.24) is 4.57 Å². The SMILES string of the molecule is Cc1c(C=Nc2ccc(Cl)cc2Cl)c(O)n(C[C@@H]2CCCO2)c(=O)c1C#N. The van der Waals surface area contributed by atoms with Crippen molar-refractivity contribution >= 4 is 35.1 Å². The second-order valence-electron chi connectivity index (χ2n) is 6.25. The molecule has 1 aromatic carbocycles. The first-order valence-corrected chi connectivity index (χ1v) is 9.15. The molecule has 0 saturated carbocycles. The minimum atomic E-state index is -0.537. The summed E-state index contributed by atoms with van der Waals surface area (Å²) in [5.41, 5.74) is 0.530. The Balaban J connectivity index is 2.07. The van der Waals surface area contributed by atoms with Crippen molar-refractivity contribution < 1.29 is 9.84 Å². The van der Waals surface area contributed by atoms with E-state index in [0.29, 0.717) is 27.9 Å². The van der Waals surface area contributed by atoms with Gasteiger partial charge in [0, 0.05) is 17.8 Å². The van der Waals surface area contributed by atoms with Crippen LogP contribution in [0.3, 0.4) is 0 Å². The second-order valence-corrected chi connectivity index (χ2v) is 7.10. The van der Waals surface area contributed by atoms with Crippen LogP contribution in [0.1, 0.15) is 29.5 Å². The highest BCUT2D eigenvalue weighted by atomic mass is 35.5. The topological polar surface area (TPSA) is 87.6 Å². The molecule has 0 bridgehead atoms. The Bertz CT molecular complexity index is 1000. The van der Waals surface area contributed by atoms with E-state index in [1.165, 1.54) is 10.8 Å². The average molecular weight is 406 g/mol. The summed E-state index contributed by atoms with van der Waals surface area (Å²) in [6.07, 6.45) is 2.93. The number of aromatic hydroxyl groups is 1. The maximum absolute atomic E-state index is 12.6. The quantitative estimate of drug-likeness (QED) is 0.779. The lowest BCUT2D eigenvalue weighted by molar-refractivity contribution is 0.0938. The highest BCUT2D eigenvalue weighted by molar-refractivity contribution is 6.36. The Morgan fingerprint density at radius 2 is 2.26 bits per heavy atom. The third-order valence-electron chi connectivity index (χ3n) is 4.50. The van der Waals surface area contributed by atoms with E-state index < -0.39 is 5.56 Å². The second kappa shape index (κ2) is 8.13. The van der Waals surface area contributed by atoms with Crippen LogP contribution in [0.2, 0.25) is 10.0 Å². The lowest BCUT2D eigenvalue weighted by Crippen LogP contribution is -2.29. The number of rotatable bonds is 4. The van der Waals surface area contributed by atoms with Crippen molar-refractivity contribution in [1.29, 1.82) is 5.26 Å². The molecule has 1 N–H and O–H groups in total. The van der Waals surface area contributed by atoms with Crippen molar-refractivity contribution in [3.8, 4) is 11.9 Å². The molecule has 3 rings (SSSR count). The molecule has 6 nitrogen and oxygen atoms in total. The molecule has 2 aromatic rings. The van der Waals surface area contributed by atoms with Gasteiger partial charge >= 0.3 is 0 Å². The number of nitrogens with zero attached hydrogens (tertiary/aromatic N) is 3. The summed E-state index contributed by atoms with van der Waals surface area (Å²) in [5.74, 6) is -0.249. The van der Waals surface area contributed by atoms with Gasteiger partial charge in [-0.25, -0.2) is 0 Å². The fourth-order valence-electron chi connectivity index (χ4n) is 3.01. The van der Waals surface area contributed by atoms with Crippen LogP contribution in [0.4, 0.5) is 5.69 Å². The predicted octanol–water partition coefficient (Wildman–Crippen LogP) is 3.97. The summed E-state index contributed by atoms with van der Waals surface area (Å²) in [6.45, 7) is 2.41. The Morgan fingerprint density at radius 3 is 2.89 bits per heavy atom. The molecule has 140 valence electrons. The number of halogens is 2. The van der Waals surface area contributed by atoms with E-state index >= 15 is 0 Å². The lowest BCUT2D eigenvalue weighted by atomic mass is 10.1. The van der Waals surface area contributed by atoms with Gasteiger partial charge in [0.2, 0.25) is 5.88 Å². The van der Waals surface area contributed by atoms with Crippen LogP contribution in [-0.2, 0) is 11.3 Å². The number of nitriles is 1. The fourth-order valence-corrected chi connectivity index (χ4v) is 3.46. The first-order chi connectivity index (χ1) is 12.9. The van der Waals surface area contributed by atoms with Crippen LogP contribution in [0.25, 0.3) is 0 Å². The molecular formula is C19H17Cl2N3O3. The van der Waals surface area contributed by atoms with Gasteiger partial charge in [0.15, 0.2) is 0 Å². The van der Waals surface area contributed by atoms with Gasteiger partial charge in [-0.3, -0.25) is 14.4 Å². The molecule has 1 aliphatic heterocycles. The van der Waals surface area contributed by atoms with Gasteiger partial charge in [0.25, 0.3) is 5.56 Å². The zero-order valence-electron chi connectivity index (χ0n) is 14.6. The van der Waals surface area contributed by atoms with Crippen LogP contribution >= 0.6 is 23.2 Å². The fraction of sp³-hybridized carbons (Fsp3) is 0.316. The molecule has 1 aliphatic rings. The Kier molecular flexibility index (Phi) is 5.85. The van der Waals surface area contributed by atoms with Crippen molar-refractivity contribution in [2.24, 2.45) is 4.99 Å². The Labute approximate surface area is 166 Å². The van der Waals surface area contributed by atoms with Crippen molar-refractivity contribution in [3.05, 3.63) is 55.3 Å². The first kappa shape index (κ1) is 19.4. The van der Waals surface area contributed by atoms with Gasteiger partial charge in [0.05, 0.1) is 28.9 Å². The summed E-state index contributed by atoms with van der Waals surface area (Å²) >= 11 is 12.0. The average Bonchev–Trinajstić information content (AvgIpc) is 3.14. The number of hydrogen-bond donors (Lipinski definition) is 1. The van der Waals surface area contributed by atoms with Crippen LogP contribution < -0.4 is 5.56 Å². The third-order valence-corrected chi connectivity index (χ3v) is 5.04. The zero-order valence-corrected chi connectivity index (χ0v) is 16.1. The number of aromatic nitrogens is 1. The van der Waals surface area contributed by atoms with Crippen molar-refractivity contribution in [2.45, 2.75) is 32.4 Å². The molecule has 1 fully saturated rings. The molecular weight excluding hydrogens is 389 g/mol. The highest BCUT2D eigenvalue weighted by Crippen LogP contribution is 2.29. The van der Waals surface area contributed by atoms with Crippen LogP contribution in [0, 0.1) is 18.3 Å². The zero-order chi connectivity index (χ0) is 19.6. The van der Waals surface area contributed by atoms with Gasteiger partial charge < -0.3 is 9.84 Å². The number of aliphatic imine (C=N–C) groups is 1. The monoisotopic (exact) mass is 405 g/mol.